The van der Waals surface area contributed by atoms with Crippen LogP contribution in [0.25, 0.3) is 0 Å². The largest absolute Gasteiger partial charge is 0.353 e. The summed E-state index contributed by atoms with van der Waals surface area (Å²) in [6, 6.07) is -0.444. The van der Waals surface area contributed by atoms with Gasteiger partial charge in [-0.2, -0.15) is 0 Å². The van der Waals surface area contributed by atoms with E-state index in [0.717, 1.165) is 0 Å². The van der Waals surface area contributed by atoms with E-state index in [2.05, 4.69) is 15.6 Å². The maximum Gasteiger partial charge on any atom is 0.237 e. The molecule has 0 aliphatic rings. The molecular weight excluding hydrogens is 194 g/mol. The Morgan fingerprint density at radius 3 is 2.87 bits per heavy atom. The average Bonchev–Trinajstić information content (AvgIpc) is 2.69. The summed E-state index contributed by atoms with van der Waals surface area (Å²) < 4.78 is 1.65. The number of hydrogen-bond acceptors (Lipinski definition) is 4. The van der Waals surface area contributed by atoms with Crippen molar-refractivity contribution in [1.82, 2.24) is 20.3 Å². The molecule has 1 rings (SSSR count). The van der Waals surface area contributed by atoms with Crippen LogP contribution in [0.2, 0.25) is 0 Å². The molecule has 0 radical (unpaired) electrons. The van der Waals surface area contributed by atoms with Gasteiger partial charge in [-0.3, -0.25) is 9.48 Å². The quantitative estimate of drug-likeness (QED) is 0.679. The van der Waals surface area contributed by atoms with Crippen LogP contribution in [0.4, 0.5) is 0 Å². The van der Waals surface area contributed by atoms with Gasteiger partial charge in [-0.25, -0.2) is 0 Å². The fourth-order valence-electron chi connectivity index (χ4n) is 1.07. The molecule has 1 atom stereocenters. The first-order valence-electron chi connectivity index (χ1n) is 4.98. The van der Waals surface area contributed by atoms with Gasteiger partial charge in [0.25, 0.3) is 0 Å². The number of amides is 1. The van der Waals surface area contributed by atoms with Crippen LogP contribution >= 0.6 is 0 Å². The Morgan fingerprint density at radius 1 is 1.60 bits per heavy atom. The molecule has 3 N–H and O–H groups in total. The minimum atomic E-state index is -0.444. The second-order valence-electron chi connectivity index (χ2n) is 3.73. The third kappa shape index (κ3) is 3.67. The summed E-state index contributed by atoms with van der Waals surface area (Å²) in [5.41, 5.74) is 5.67. The highest BCUT2D eigenvalue weighted by molar-refractivity contribution is 5.81. The Hall–Kier alpha value is -1.43. The van der Waals surface area contributed by atoms with Gasteiger partial charge in [0.15, 0.2) is 0 Å². The molecule has 0 aliphatic heterocycles. The van der Waals surface area contributed by atoms with Crippen LogP contribution in [0.1, 0.15) is 13.8 Å². The Labute approximate surface area is 88.8 Å². The third-order valence-corrected chi connectivity index (χ3v) is 2.13. The monoisotopic (exact) mass is 211 g/mol. The van der Waals surface area contributed by atoms with Crippen molar-refractivity contribution in [2.24, 2.45) is 11.7 Å². The maximum atomic E-state index is 11.4. The first kappa shape index (κ1) is 11.6. The van der Waals surface area contributed by atoms with E-state index in [1.54, 1.807) is 17.1 Å². The molecule has 0 spiro atoms. The van der Waals surface area contributed by atoms with Crippen molar-refractivity contribution in [2.75, 3.05) is 6.54 Å². The first-order valence-corrected chi connectivity index (χ1v) is 4.98. The minimum absolute atomic E-state index is 0.120. The topological polar surface area (TPSA) is 85.8 Å². The standard InChI is InChI=1S/C9H17N5O/c1-7(2)8(10)9(15)11-3-5-14-6-4-12-13-14/h4,6-8H,3,5,10H2,1-2H3,(H,11,15)/t8-/m0/s1. The Morgan fingerprint density at radius 2 is 2.33 bits per heavy atom. The Balaban J connectivity index is 2.23. The number of nitrogens with two attached hydrogens (primary N) is 1. The second kappa shape index (κ2) is 5.45. The molecule has 1 amide bonds. The highest BCUT2D eigenvalue weighted by Crippen LogP contribution is 1.97. The van der Waals surface area contributed by atoms with Crippen LogP contribution in [-0.2, 0) is 11.3 Å². The van der Waals surface area contributed by atoms with Crippen LogP contribution in [0.5, 0.6) is 0 Å². The Bertz CT molecular complexity index is 295. The fraction of sp³-hybridized carbons (Fsp3) is 0.667. The zero-order valence-electron chi connectivity index (χ0n) is 9.05. The van der Waals surface area contributed by atoms with Crippen molar-refractivity contribution in [3.63, 3.8) is 0 Å². The summed E-state index contributed by atoms with van der Waals surface area (Å²) in [7, 11) is 0. The first-order chi connectivity index (χ1) is 7.11. The lowest BCUT2D eigenvalue weighted by molar-refractivity contribution is -0.123. The van der Waals surface area contributed by atoms with Crippen molar-refractivity contribution in [3.05, 3.63) is 12.4 Å². The predicted octanol–water partition coefficient (Wildman–Crippen LogP) is -0.622. The van der Waals surface area contributed by atoms with E-state index in [1.165, 1.54) is 0 Å². The Kier molecular flexibility index (Phi) is 4.23. The molecule has 0 unspecified atom stereocenters. The summed E-state index contributed by atoms with van der Waals surface area (Å²) in [5, 5.41) is 10.2. The lowest BCUT2D eigenvalue weighted by Gasteiger charge is -2.14. The molecule has 15 heavy (non-hydrogen) atoms. The number of nitrogens with one attached hydrogen (secondary N) is 1. The van der Waals surface area contributed by atoms with E-state index in [9.17, 15) is 4.79 Å². The normalized spacial score (nSPS) is 12.8. The zero-order chi connectivity index (χ0) is 11.3. The molecule has 1 heterocycles. The van der Waals surface area contributed by atoms with Crippen LogP contribution in [0, 0.1) is 5.92 Å². The molecule has 1 aromatic rings. The molecule has 0 aliphatic carbocycles. The molecule has 0 saturated heterocycles. The van der Waals surface area contributed by atoms with Crippen LogP contribution < -0.4 is 11.1 Å². The molecule has 1 aromatic heterocycles. The molecule has 0 bridgehead atoms. The molecule has 0 saturated carbocycles. The minimum Gasteiger partial charge on any atom is -0.353 e. The van der Waals surface area contributed by atoms with Crippen LogP contribution in [0.3, 0.4) is 0 Å². The molecule has 84 valence electrons. The van der Waals surface area contributed by atoms with Crippen LogP contribution in [-0.4, -0.2) is 33.5 Å². The van der Waals surface area contributed by atoms with E-state index in [1.807, 2.05) is 13.8 Å². The lowest BCUT2D eigenvalue weighted by Crippen LogP contribution is -2.44. The van der Waals surface area contributed by atoms with Crippen molar-refractivity contribution in [1.29, 1.82) is 0 Å². The van der Waals surface area contributed by atoms with Gasteiger partial charge >= 0.3 is 0 Å². The number of nitrogens with zero attached hydrogens (tertiary/aromatic N) is 3. The van der Waals surface area contributed by atoms with E-state index in [-0.39, 0.29) is 11.8 Å². The van der Waals surface area contributed by atoms with Gasteiger partial charge in [-0.15, -0.1) is 5.10 Å². The summed E-state index contributed by atoms with van der Waals surface area (Å²) in [6.07, 6.45) is 3.34. The molecule has 6 heteroatoms. The predicted molar refractivity (Wildman–Crippen MR) is 55.8 cm³/mol. The molecule has 0 aromatic carbocycles. The second-order valence-corrected chi connectivity index (χ2v) is 3.73. The number of aromatic nitrogens is 3. The third-order valence-electron chi connectivity index (χ3n) is 2.13. The van der Waals surface area contributed by atoms with Gasteiger partial charge in [0.2, 0.25) is 5.91 Å². The summed E-state index contributed by atoms with van der Waals surface area (Å²) in [5.74, 6) is 0.0292. The van der Waals surface area contributed by atoms with Gasteiger partial charge in [0.05, 0.1) is 18.8 Å². The van der Waals surface area contributed by atoms with Crippen molar-refractivity contribution >= 4 is 5.91 Å². The highest BCUT2D eigenvalue weighted by atomic mass is 16.2. The van der Waals surface area contributed by atoms with Crippen molar-refractivity contribution < 1.29 is 4.79 Å². The number of hydrogen-bond donors (Lipinski definition) is 2. The number of carbonyl (C=O) groups excluding carboxylic acids is 1. The SMILES string of the molecule is CC(C)[C@H](N)C(=O)NCCn1ccnn1. The summed E-state index contributed by atoms with van der Waals surface area (Å²) >= 11 is 0. The van der Waals surface area contributed by atoms with Gasteiger partial charge in [-0.05, 0) is 5.92 Å². The lowest BCUT2D eigenvalue weighted by atomic mass is 10.1. The fourth-order valence-corrected chi connectivity index (χ4v) is 1.07. The number of rotatable bonds is 5. The summed E-state index contributed by atoms with van der Waals surface area (Å²) in [6.45, 7) is 4.96. The molecule has 6 nitrogen and oxygen atoms in total. The van der Waals surface area contributed by atoms with Gasteiger partial charge in [0.1, 0.15) is 0 Å². The van der Waals surface area contributed by atoms with E-state index >= 15 is 0 Å². The maximum absolute atomic E-state index is 11.4. The van der Waals surface area contributed by atoms with E-state index in [0.29, 0.717) is 13.1 Å². The van der Waals surface area contributed by atoms with E-state index < -0.39 is 6.04 Å². The smallest absolute Gasteiger partial charge is 0.237 e. The number of carbonyl (C=O) groups is 1. The van der Waals surface area contributed by atoms with Gasteiger partial charge in [0, 0.05) is 12.7 Å². The molecular formula is C9H17N5O. The zero-order valence-corrected chi connectivity index (χ0v) is 9.05. The van der Waals surface area contributed by atoms with Gasteiger partial charge in [-0.1, -0.05) is 19.1 Å². The average molecular weight is 211 g/mol. The molecule has 0 fully saturated rings. The summed E-state index contributed by atoms with van der Waals surface area (Å²) in [4.78, 5) is 11.4. The van der Waals surface area contributed by atoms with Crippen molar-refractivity contribution in [2.45, 2.75) is 26.4 Å². The highest BCUT2D eigenvalue weighted by Gasteiger charge is 2.16. The van der Waals surface area contributed by atoms with E-state index in [4.69, 9.17) is 5.73 Å². The van der Waals surface area contributed by atoms with Crippen LogP contribution in [0.15, 0.2) is 12.4 Å². The van der Waals surface area contributed by atoms with Crippen molar-refractivity contribution in [3.8, 4) is 0 Å². The van der Waals surface area contributed by atoms with Gasteiger partial charge < -0.3 is 11.1 Å².